The predicted molar refractivity (Wildman–Crippen MR) is 127 cm³/mol. The quantitative estimate of drug-likeness (QED) is 0.390. The van der Waals surface area contributed by atoms with Crippen molar-refractivity contribution in [2.45, 2.75) is 59.1 Å². The molecule has 1 unspecified atom stereocenters. The second-order valence-electron chi connectivity index (χ2n) is 9.32. The number of nitrogens with zero attached hydrogens (tertiary/aromatic N) is 6. The smallest absolute Gasteiger partial charge is 0.253 e. The summed E-state index contributed by atoms with van der Waals surface area (Å²) in [6, 6.07) is 6.79. The summed E-state index contributed by atoms with van der Waals surface area (Å²) >= 11 is 0. The molecule has 1 atom stereocenters. The highest BCUT2D eigenvalue weighted by Crippen LogP contribution is 2.32. The minimum Gasteiger partial charge on any atom is -0.470 e. The maximum absolute atomic E-state index is 12.3. The average molecular weight is 480 g/mol. The number of carbonyl (C=O) groups is 1. The lowest BCUT2D eigenvalue weighted by Gasteiger charge is -2.21. The number of amides is 1. The molecule has 1 amide bonds. The first-order chi connectivity index (χ1) is 16.7. The van der Waals surface area contributed by atoms with Crippen LogP contribution in [0.15, 0.2) is 35.0 Å². The van der Waals surface area contributed by atoms with Gasteiger partial charge < -0.3 is 19.7 Å². The van der Waals surface area contributed by atoms with Gasteiger partial charge in [-0.2, -0.15) is 4.52 Å². The molecule has 11 heteroatoms. The fourth-order valence-electron chi connectivity index (χ4n) is 3.42. The maximum Gasteiger partial charge on any atom is 0.253 e. The Morgan fingerprint density at radius 1 is 1.26 bits per heavy atom. The molecule has 0 spiro atoms. The van der Waals surface area contributed by atoms with Crippen LogP contribution >= 0.6 is 0 Å². The van der Waals surface area contributed by atoms with Crippen LogP contribution < -0.4 is 10.1 Å². The van der Waals surface area contributed by atoms with E-state index >= 15 is 0 Å². The number of hydrogen-bond acceptors (Lipinski definition) is 9. The number of aliphatic hydroxyl groups is 1. The van der Waals surface area contributed by atoms with Gasteiger partial charge in [0, 0.05) is 17.8 Å². The number of rotatable bonds is 8. The Morgan fingerprint density at radius 2 is 2.06 bits per heavy atom. The molecule has 0 aliphatic carbocycles. The molecule has 0 fully saturated rings. The van der Waals surface area contributed by atoms with Crippen molar-refractivity contribution in [1.29, 1.82) is 0 Å². The number of nitrogens with one attached hydrogen (secondary N) is 1. The molecule has 0 aromatic carbocycles. The Bertz CT molecular complexity index is 1320. The van der Waals surface area contributed by atoms with Crippen molar-refractivity contribution in [3.63, 3.8) is 0 Å². The van der Waals surface area contributed by atoms with Gasteiger partial charge in [-0.05, 0) is 37.0 Å². The molecule has 184 valence electrons. The van der Waals surface area contributed by atoms with Crippen LogP contribution in [0.4, 0.5) is 0 Å². The standard InChI is InChI=1S/C24H29N7O4/c1-6-16(12-32)26-22(33)15-7-8-17(25-11-15)13-34-23-18(24(3,4)5)10-20-27-28-21(31(20)29-23)19-9-14(2)35-30-19/h7-11,16,32H,6,12-13H2,1-5H3,(H,26,33). The summed E-state index contributed by atoms with van der Waals surface area (Å²) < 4.78 is 12.8. The molecule has 0 bridgehead atoms. The molecule has 4 rings (SSSR count). The molecule has 35 heavy (non-hydrogen) atoms. The third-order valence-electron chi connectivity index (χ3n) is 5.52. The van der Waals surface area contributed by atoms with Gasteiger partial charge >= 0.3 is 0 Å². The van der Waals surface area contributed by atoms with E-state index in [0.717, 1.165) is 5.56 Å². The Hall–Kier alpha value is -3.86. The zero-order valence-corrected chi connectivity index (χ0v) is 20.4. The highest BCUT2D eigenvalue weighted by molar-refractivity contribution is 5.94. The van der Waals surface area contributed by atoms with Crippen LogP contribution in [-0.2, 0) is 12.0 Å². The molecular formula is C24H29N7O4. The van der Waals surface area contributed by atoms with E-state index in [-0.39, 0.29) is 30.6 Å². The van der Waals surface area contributed by atoms with Gasteiger partial charge in [-0.3, -0.25) is 9.78 Å². The van der Waals surface area contributed by atoms with Crippen molar-refractivity contribution in [1.82, 2.24) is 35.3 Å². The minimum atomic E-state index is -0.286. The summed E-state index contributed by atoms with van der Waals surface area (Å²) in [4.78, 5) is 16.7. The van der Waals surface area contributed by atoms with Crippen LogP contribution in [0.3, 0.4) is 0 Å². The highest BCUT2D eigenvalue weighted by Gasteiger charge is 2.24. The summed E-state index contributed by atoms with van der Waals surface area (Å²) in [5.41, 5.74) is 2.74. The average Bonchev–Trinajstić information content (AvgIpc) is 3.45. The van der Waals surface area contributed by atoms with Crippen molar-refractivity contribution in [3.05, 3.63) is 53.0 Å². The van der Waals surface area contributed by atoms with Crippen molar-refractivity contribution in [2.24, 2.45) is 0 Å². The minimum absolute atomic E-state index is 0.112. The Labute approximate surface area is 202 Å². The summed E-state index contributed by atoms with van der Waals surface area (Å²) in [7, 11) is 0. The lowest BCUT2D eigenvalue weighted by Crippen LogP contribution is -2.36. The van der Waals surface area contributed by atoms with Gasteiger partial charge in [0.15, 0.2) is 11.3 Å². The van der Waals surface area contributed by atoms with Gasteiger partial charge in [-0.1, -0.05) is 32.9 Å². The van der Waals surface area contributed by atoms with E-state index < -0.39 is 0 Å². The summed E-state index contributed by atoms with van der Waals surface area (Å²) in [6.07, 6.45) is 2.13. The molecule has 2 N–H and O–H groups in total. The summed E-state index contributed by atoms with van der Waals surface area (Å²) in [6.45, 7) is 9.92. The topological polar surface area (TPSA) is 141 Å². The largest absolute Gasteiger partial charge is 0.470 e. The number of aromatic nitrogens is 6. The fraction of sp³-hybridized carbons (Fsp3) is 0.417. The summed E-state index contributed by atoms with van der Waals surface area (Å²) in [5.74, 6) is 1.24. The molecule has 0 radical (unpaired) electrons. The van der Waals surface area contributed by atoms with E-state index in [1.807, 2.05) is 13.0 Å². The van der Waals surface area contributed by atoms with Gasteiger partial charge in [0.1, 0.15) is 12.4 Å². The summed E-state index contributed by atoms with van der Waals surface area (Å²) in [5, 5.41) is 29.2. The Kier molecular flexibility index (Phi) is 6.79. The molecule has 0 saturated heterocycles. The fourth-order valence-corrected chi connectivity index (χ4v) is 3.42. The van der Waals surface area contributed by atoms with Crippen molar-refractivity contribution in [3.8, 4) is 17.4 Å². The lowest BCUT2D eigenvalue weighted by molar-refractivity contribution is 0.0914. The maximum atomic E-state index is 12.3. The van der Waals surface area contributed by atoms with Gasteiger partial charge in [0.05, 0.1) is 23.9 Å². The molecular weight excluding hydrogens is 450 g/mol. The SMILES string of the molecule is CCC(CO)NC(=O)c1ccc(COc2nn3c(-c4cc(C)on4)nnc3cc2C(C)(C)C)nc1. The number of pyridine rings is 1. The van der Waals surface area contributed by atoms with Gasteiger partial charge in [0.25, 0.3) is 5.91 Å². The second kappa shape index (κ2) is 9.79. The Balaban J connectivity index is 1.57. The molecule has 0 saturated carbocycles. The van der Waals surface area contributed by atoms with Crippen LogP contribution in [0.5, 0.6) is 5.88 Å². The molecule has 0 aliphatic heterocycles. The number of carbonyl (C=O) groups excluding carboxylic acids is 1. The number of aryl methyl sites for hydroxylation is 1. The number of ether oxygens (including phenoxy) is 1. The van der Waals surface area contributed by atoms with Crippen LogP contribution in [0, 0.1) is 6.92 Å². The predicted octanol–water partition coefficient (Wildman–Crippen LogP) is 2.86. The van der Waals surface area contributed by atoms with Gasteiger partial charge in [-0.15, -0.1) is 15.3 Å². The first-order valence-electron chi connectivity index (χ1n) is 11.4. The zero-order valence-electron chi connectivity index (χ0n) is 20.4. The van der Waals surface area contributed by atoms with Crippen LogP contribution in [0.2, 0.25) is 0 Å². The third-order valence-corrected chi connectivity index (χ3v) is 5.52. The third kappa shape index (κ3) is 5.29. The highest BCUT2D eigenvalue weighted by atomic mass is 16.5. The van der Waals surface area contributed by atoms with Crippen molar-refractivity contribution < 1.29 is 19.2 Å². The van der Waals surface area contributed by atoms with Crippen LogP contribution in [0.1, 0.15) is 61.5 Å². The number of hydrogen-bond donors (Lipinski definition) is 2. The van der Waals surface area contributed by atoms with E-state index in [4.69, 9.17) is 9.26 Å². The van der Waals surface area contributed by atoms with E-state index in [0.29, 0.717) is 46.5 Å². The number of aliphatic hydroxyl groups excluding tert-OH is 1. The second-order valence-corrected chi connectivity index (χ2v) is 9.32. The van der Waals surface area contributed by atoms with Crippen molar-refractivity contribution >= 4 is 11.6 Å². The van der Waals surface area contributed by atoms with E-state index in [9.17, 15) is 9.90 Å². The first kappa shape index (κ1) is 24.3. The number of fused-ring (bicyclic) bond motifs is 1. The van der Waals surface area contributed by atoms with E-state index in [2.05, 4.69) is 51.5 Å². The van der Waals surface area contributed by atoms with Gasteiger partial charge in [-0.25, -0.2) is 0 Å². The van der Waals surface area contributed by atoms with Crippen LogP contribution in [0.25, 0.3) is 17.2 Å². The molecule has 4 heterocycles. The van der Waals surface area contributed by atoms with E-state index in [1.165, 1.54) is 6.20 Å². The molecule has 11 nitrogen and oxygen atoms in total. The lowest BCUT2D eigenvalue weighted by atomic mass is 9.88. The molecule has 4 aromatic rings. The molecule has 0 aliphatic rings. The zero-order chi connectivity index (χ0) is 25.2. The monoisotopic (exact) mass is 479 g/mol. The van der Waals surface area contributed by atoms with Crippen LogP contribution in [-0.4, -0.2) is 53.6 Å². The van der Waals surface area contributed by atoms with Crippen molar-refractivity contribution in [2.75, 3.05) is 6.61 Å². The normalized spacial score (nSPS) is 12.6. The van der Waals surface area contributed by atoms with E-state index in [1.54, 1.807) is 29.6 Å². The molecule has 4 aromatic heterocycles. The van der Waals surface area contributed by atoms with Gasteiger partial charge in [0.2, 0.25) is 11.7 Å². The first-order valence-corrected chi connectivity index (χ1v) is 11.4. The Morgan fingerprint density at radius 3 is 2.66 bits per heavy atom.